The van der Waals surface area contributed by atoms with Gasteiger partial charge in [-0.1, -0.05) is 60.7 Å². The molecular formula is C17H20N2. The minimum absolute atomic E-state index is 0.469. The average Bonchev–Trinajstić information content (AvgIpc) is 2.77. The summed E-state index contributed by atoms with van der Waals surface area (Å²) in [5, 5.41) is 4.71. The molecule has 2 heteroatoms. The van der Waals surface area contributed by atoms with Gasteiger partial charge in [-0.2, -0.15) is 0 Å². The van der Waals surface area contributed by atoms with Gasteiger partial charge in [0.2, 0.25) is 0 Å². The maximum absolute atomic E-state index is 2.35. The summed E-state index contributed by atoms with van der Waals surface area (Å²) in [7, 11) is 4.36. The zero-order valence-corrected chi connectivity index (χ0v) is 11.5. The Morgan fingerprint density at radius 3 is 1.42 bits per heavy atom. The molecule has 1 aliphatic rings. The van der Waals surface area contributed by atoms with Gasteiger partial charge in [-0.05, 0) is 17.5 Å². The van der Waals surface area contributed by atoms with Crippen LogP contribution in [0.4, 0.5) is 0 Å². The van der Waals surface area contributed by atoms with E-state index in [0.29, 0.717) is 12.1 Å². The SMILES string of the molecule is CN1[C@H](c2ccccc2)C[C@@H](c2ccccc2)N1C. The van der Waals surface area contributed by atoms with Crippen molar-refractivity contribution in [2.75, 3.05) is 14.1 Å². The highest BCUT2D eigenvalue weighted by Crippen LogP contribution is 2.41. The second-order valence-electron chi connectivity index (χ2n) is 5.24. The van der Waals surface area contributed by atoms with Gasteiger partial charge in [0, 0.05) is 14.1 Å². The zero-order chi connectivity index (χ0) is 13.2. The molecule has 0 aromatic heterocycles. The third-order valence-corrected chi connectivity index (χ3v) is 4.21. The molecule has 1 fully saturated rings. The summed E-state index contributed by atoms with van der Waals surface area (Å²) in [5.74, 6) is 0. The highest BCUT2D eigenvalue weighted by molar-refractivity contribution is 5.24. The summed E-state index contributed by atoms with van der Waals surface area (Å²) >= 11 is 0. The number of benzene rings is 2. The van der Waals surface area contributed by atoms with Crippen molar-refractivity contribution in [1.82, 2.24) is 10.0 Å². The van der Waals surface area contributed by atoms with Gasteiger partial charge in [0.25, 0.3) is 0 Å². The van der Waals surface area contributed by atoms with Crippen LogP contribution in [0.1, 0.15) is 29.6 Å². The topological polar surface area (TPSA) is 6.48 Å². The Balaban J connectivity index is 1.88. The van der Waals surface area contributed by atoms with Crippen LogP contribution in [0.25, 0.3) is 0 Å². The first-order chi connectivity index (χ1) is 9.27. The average molecular weight is 252 g/mol. The maximum atomic E-state index is 2.35. The van der Waals surface area contributed by atoms with Crippen LogP contribution in [0.2, 0.25) is 0 Å². The fourth-order valence-electron chi connectivity index (χ4n) is 3.01. The minimum Gasteiger partial charge on any atom is -0.237 e. The van der Waals surface area contributed by atoms with Crippen LogP contribution in [0.5, 0.6) is 0 Å². The van der Waals surface area contributed by atoms with Crippen LogP contribution in [-0.4, -0.2) is 24.1 Å². The molecule has 2 aromatic rings. The molecule has 2 nitrogen and oxygen atoms in total. The van der Waals surface area contributed by atoms with Crippen LogP contribution in [0, 0.1) is 0 Å². The zero-order valence-electron chi connectivity index (χ0n) is 11.5. The lowest BCUT2D eigenvalue weighted by molar-refractivity contribution is 0.0252. The molecule has 3 rings (SSSR count). The summed E-state index contributed by atoms with van der Waals surface area (Å²) in [4.78, 5) is 0. The number of rotatable bonds is 2. The molecule has 0 N–H and O–H groups in total. The number of nitrogens with zero attached hydrogens (tertiary/aromatic N) is 2. The van der Waals surface area contributed by atoms with Crippen molar-refractivity contribution in [2.24, 2.45) is 0 Å². The third-order valence-electron chi connectivity index (χ3n) is 4.21. The molecule has 2 aromatic carbocycles. The first kappa shape index (κ1) is 12.4. The smallest absolute Gasteiger partial charge is 0.0511 e. The Morgan fingerprint density at radius 2 is 1.05 bits per heavy atom. The van der Waals surface area contributed by atoms with E-state index in [1.165, 1.54) is 11.1 Å². The molecule has 0 unspecified atom stereocenters. The van der Waals surface area contributed by atoms with E-state index in [-0.39, 0.29) is 0 Å². The molecule has 0 bridgehead atoms. The van der Waals surface area contributed by atoms with E-state index >= 15 is 0 Å². The first-order valence-electron chi connectivity index (χ1n) is 6.83. The van der Waals surface area contributed by atoms with Crippen molar-refractivity contribution in [3.05, 3.63) is 71.8 Å². The normalized spacial score (nSPS) is 24.7. The van der Waals surface area contributed by atoms with Crippen molar-refractivity contribution in [2.45, 2.75) is 18.5 Å². The van der Waals surface area contributed by atoms with E-state index in [2.05, 4.69) is 84.8 Å². The van der Waals surface area contributed by atoms with E-state index in [1.807, 2.05) is 0 Å². The van der Waals surface area contributed by atoms with Crippen molar-refractivity contribution >= 4 is 0 Å². The molecule has 0 radical (unpaired) electrons. The second kappa shape index (κ2) is 5.16. The van der Waals surface area contributed by atoms with E-state index in [1.54, 1.807) is 0 Å². The van der Waals surface area contributed by atoms with Crippen molar-refractivity contribution in [1.29, 1.82) is 0 Å². The monoisotopic (exact) mass is 252 g/mol. The molecule has 0 spiro atoms. The van der Waals surface area contributed by atoms with Gasteiger partial charge < -0.3 is 0 Å². The highest BCUT2D eigenvalue weighted by atomic mass is 15.6. The molecular weight excluding hydrogens is 232 g/mol. The Morgan fingerprint density at radius 1 is 0.684 bits per heavy atom. The van der Waals surface area contributed by atoms with Gasteiger partial charge in [0.1, 0.15) is 0 Å². The number of hydrogen-bond donors (Lipinski definition) is 0. The fraction of sp³-hybridized carbons (Fsp3) is 0.294. The second-order valence-corrected chi connectivity index (χ2v) is 5.24. The largest absolute Gasteiger partial charge is 0.237 e. The molecule has 0 aliphatic carbocycles. The molecule has 0 saturated carbocycles. The Hall–Kier alpha value is -1.64. The lowest BCUT2D eigenvalue weighted by Gasteiger charge is -2.28. The molecule has 2 atom stereocenters. The van der Waals surface area contributed by atoms with Gasteiger partial charge >= 0.3 is 0 Å². The van der Waals surface area contributed by atoms with E-state index in [9.17, 15) is 0 Å². The summed E-state index contributed by atoms with van der Waals surface area (Å²) in [6.45, 7) is 0. The standard InChI is InChI=1S/C17H20N2/c1-18-16(14-9-5-3-6-10-14)13-17(19(18)2)15-11-7-4-8-12-15/h3-12,16-17H,13H2,1-2H3/t16-,17-/m0/s1. The molecule has 0 amide bonds. The van der Waals surface area contributed by atoms with E-state index in [0.717, 1.165) is 6.42 Å². The third kappa shape index (κ3) is 2.29. The Labute approximate surface area is 115 Å². The van der Waals surface area contributed by atoms with Gasteiger partial charge in [-0.15, -0.1) is 0 Å². The summed E-state index contributed by atoms with van der Waals surface area (Å²) < 4.78 is 0. The van der Waals surface area contributed by atoms with Gasteiger partial charge in [-0.3, -0.25) is 0 Å². The lowest BCUT2D eigenvalue weighted by Crippen LogP contribution is -2.32. The predicted molar refractivity (Wildman–Crippen MR) is 78.5 cm³/mol. The summed E-state index contributed by atoms with van der Waals surface area (Å²) in [6, 6.07) is 22.5. The van der Waals surface area contributed by atoms with Gasteiger partial charge in [0.05, 0.1) is 12.1 Å². The number of hydrogen-bond acceptors (Lipinski definition) is 2. The lowest BCUT2D eigenvalue weighted by atomic mass is 9.97. The quantitative estimate of drug-likeness (QED) is 0.805. The van der Waals surface area contributed by atoms with Crippen molar-refractivity contribution in [3.8, 4) is 0 Å². The molecule has 1 heterocycles. The first-order valence-corrected chi connectivity index (χ1v) is 6.83. The minimum atomic E-state index is 0.469. The van der Waals surface area contributed by atoms with Crippen molar-refractivity contribution in [3.63, 3.8) is 0 Å². The van der Waals surface area contributed by atoms with E-state index < -0.39 is 0 Å². The molecule has 98 valence electrons. The predicted octanol–water partition coefficient (Wildman–Crippen LogP) is 3.65. The molecule has 1 aliphatic heterocycles. The highest BCUT2D eigenvalue weighted by Gasteiger charge is 2.35. The van der Waals surface area contributed by atoms with Crippen molar-refractivity contribution < 1.29 is 0 Å². The fourth-order valence-corrected chi connectivity index (χ4v) is 3.01. The van der Waals surface area contributed by atoms with Crippen LogP contribution < -0.4 is 0 Å². The van der Waals surface area contributed by atoms with Crippen LogP contribution in [0.15, 0.2) is 60.7 Å². The summed E-state index contributed by atoms with van der Waals surface area (Å²) in [5.41, 5.74) is 2.80. The van der Waals surface area contributed by atoms with Gasteiger partial charge in [0.15, 0.2) is 0 Å². The van der Waals surface area contributed by atoms with E-state index in [4.69, 9.17) is 0 Å². The maximum Gasteiger partial charge on any atom is 0.0511 e. The molecule has 1 saturated heterocycles. The van der Waals surface area contributed by atoms with Crippen LogP contribution in [0.3, 0.4) is 0 Å². The van der Waals surface area contributed by atoms with Crippen LogP contribution >= 0.6 is 0 Å². The van der Waals surface area contributed by atoms with Gasteiger partial charge in [-0.25, -0.2) is 10.0 Å². The Kier molecular flexibility index (Phi) is 3.36. The molecule has 19 heavy (non-hydrogen) atoms. The summed E-state index contributed by atoms with van der Waals surface area (Å²) in [6.07, 6.45) is 1.14. The van der Waals surface area contributed by atoms with Crippen LogP contribution in [-0.2, 0) is 0 Å². The Bertz CT molecular complexity index is 474. The number of hydrazine groups is 1.